The molecule has 0 aliphatic heterocycles. The van der Waals surface area contributed by atoms with Gasteiger partial charge < -0.3 is 4.90 Å². The third-order valence-electron chi connectivity index (χ3n) is 10.6. The van der Waals surface area contributed by atoms with Crippen LogP contribution in [0.25, 0.3) is 84.1 Å². The van der Waals surface area contributed by atoms with Gasteiger partial charge in [0.15, 0.2) is 0 Å². The summed E-state index contributed by atoms with van der Waals surface area (Å²) in [5, 5.41) is 10.5. The number of thiophene rings is 2. The van der Waals surface area contributed by atoms with Gasteiger partial charge in [-0.3, -0.25) is 0 Å². The van der Waals surface area contributed by atoms with Gasteiger partial charge in [-0.15, -0.1) is 22.7 Å². The van der Waals surface area contributed by atoms with Crippen LogP contribution in [0, 0.1) is 0 Å². The van der Waals surface area contributed by atoms with Crippen LogP contribution in [-0.4, -0.2) is 0 Å². The lowest BCUT2D eigenvalue weighted by Crippen LogP contribution is -2.10. The molecular weight excluding hydrogens is 679 g/mol. The molecule has 0 spiro atoms. The molecule has 0 atom stereocenters. The summed E-state index contributed by atoms with van der Waals surface area (Å²) in [7, 11) is 0. The highest BCUT2D eigenvalue weighted by atomic mass is 32.1. The van der Waals surface area contributed by atoms with E-state index in [2.05, 4.69) is 193 Å². The van der Waals surface area contributed by atoms with Crippen LogP contribution in [0.4, 0.5) is 17.1 Å². The highest BCUT2D eigenvalue weighted by molar-refractivity contribution is 7.28. The van der Waals surface area contributed by atoms with Gasteiger partial charge in [-0.2, -0.15) is 0 Å². The molecule has 11 rings (SSSR count). The van der Waals surface area contributed by atoms with E-state index < -0.39 is 0 Å². The lowest BCUT2D eigenvalue weighted by molar-refractivity contribution is 1.29. The summed E-state index contributed by atoms with van der Waals surface area (Å²) in [6.07, 6.45) is 0. The van der Waals surface area contributed by atoms with Gasteiger partial charge in [-0.05, 0) is 98.4 Å². The minimum Gasteiger partial charge on any atom is -0.310 e. The minimum atomic E-state index is 1.12. The van der Waals surface area contributed by atoms with Gasteiger partial charge in [0.2, 0.25) is 0 Å². The van der Waals surface area contributed by atoms with Crippen molar-refractivity contribution in [2.45, 2.75) is 0 Å². The van der Waals surface area contributed by atoms with E-state index in [-0.39, 0.29) is 0 Å². The highest BCUT2D eigenvalue weighted by Crippen LogP contribution is 2.48. The Bertz CT molecular complexity index is 3160. The summed E-state index contributed by atoms with van der Waals surface area (Å²) in [6.45, 7) is 0. The van der Waals surface area contributed by atoms with Crippen LogP contribution in [0.1, 0.15) is 0 Å². The van der Waals surface area contributed by atoms with E-state index in [1.807, 2.05) is 22.7 Å². The maximum absolute atomic E-state index is 2.42. The van der Waals surface area contributed by atoms with Crippen molar-refractivity contribution >= 4 is 102 Å². The van der Waals surface area contributed by atoms with Gasteiger partial charge in [0, 0.05) is 57.4 Å². The molecule has 0 bridgehead atoms. The first-order chi connectivity index (χ1) is 26.3. The number of hydrogen-bond acceptors (Lipinski definition) is 3. The molecule has 3 heteroatoms. The Labute approximate surface area is 315 Å². The van der Waals surface area contributed by atoms with E-state index in [4.69, 9.17) is 0 Å². The molecule has 0 aliphatic rings. The summed E-state index contributed by atoms with van der Waals surface area (Å²) in [4.78, 5) is 2.42. The molecule has 1 nitrogen and oxygen atoms in total. The molecule has 2 heterocycles. The first kappa shape index (κ1) is 30.4. The van der Waals surface area contributed by atoms with Gasteiger partial charge in [-0.25, -0.2) is 0 Å². The molecule has 0 N–H and O–H groups in total. The van der Waals surface area contributed by atoms with Crippen molar-refractivity contribution < 1.29 is 0 Å². The van der Waals surface area contributed by atoms with Gasteiger partial charge in [-0.1, -0.05) is 133 Å². The van der Waals surface area contributed by atoms with E-state index in [0.29, 0.717) is 0 Å². The van der Waals surface area contributed by atoms with Crippen LogP contribution < -0.4 is 4.90 Å². The summed E-state index contributed by atoms with van der Waals surface area (Å²) in [5.41, 5.74) is 8.25. The maximum Gasteiger partial charge on any atom is 0.0468 e. The third-order valence-corrected chi connectivity index (χ3v) is 13.0. The first-order valence-electron chi connectivity index (χ1n) is 18.0. The van der Waals surface area contributed by atoms with E-state index in [9.17, 15) is 0 Å². The smallest absolute Gasteiger partial charge is 0.0468 e. The van der Waals surface area contributed by atoms with E-state index in [0.717, 1.165) is 17.1 Å². The van der Waals surface area contributed by atoms with Crippen molar-refractivity contribution in [3.8, 4) is 22.3 Å². The fourth-order valence-electron chi connectivity index (χ4n) is 8.16. The SMILES string of the molecule is c1ccc(-c2ccc(N(c3cccc(-c4cccc5ccccc45)c3)c3ccc4sc5ccc6sc7c8ccccc8ccc7c6c5c4c3)cc2)cc1. The zero-order valence-electron chi connectivity index (χ0n) is 28.7. The molecule has 0 amide bonds. The van der Waals surface area contributed by atoms with Crippen LogP contribution in [0.3, 0.4) is 0 Å². The van der Waals surface area contributed by atoms with Crippen LogP contribution in [0.15, 0.2) is 188 Å². The Hall–Kier alpha value is -6.26. The first-order valence-corrected chi connectivity index (χ1v) is 19.6. The monoisotopic (exact) mass is 709 g/mol. The molecule has 0 aliphatic carbocycles. The van der Waals surface area contributed by atoms with Crippen molar-refractivity contribution in [2.24, 2.45) is 0 Å². The molecule has 0 fully saturated rings. The van der Waals surface area contributed by atoms with Crippen LogP contribution in [0.5, 0.6) is 0 Å². The number of hydrogen-bond donors (Lipinski definition) is 0. The maximum atomic E-state index is 2.42. The lowest BCUT2D eigenvalue weighted by atomic mass is 9.97. The molecule has 2 aromatic heterocycles. The number of nitrogens with zero attached hydrogens (tertiary/aromatic N) is 1. The van der Waals surface area contributed by atoms with Crippen molar-refractivity contribution in [1.29, 1.82) is 0 Å². The molecule has 0 saturated heterocycles. The third kappa shape index (κ3) is 4.97. The summed E-state index contributed by atoms with van der Waals surface area (Å²) < 4.78 is 5.34. The molecule has 248 valence electrons. The summed E-state index contributed by atoms with van der Waals surface area (Å²) in [5.74, 6) is 0. The van der Waals surface area contributed by atoms with E-state index in [1.165, 1.54) is 84.1 Å². The fourth-order valence-corrected chi connectivity index (χ4v) is 10.5. The Kier molecular flexibility index (Phi) is 6.97. The lowest BCUT2D eigenvalue weighted by Gasteiger charge is -2.26. The number of anilines is 3. The Morgan fingerprint density at radius 3 is 1.77 bits per heavy atom. The van der Waals surface area contributed by atoms with Crippen molar-refractivity contribution in [3.05, 3.63) is 188 Å². The highest BCUT2D eigenvalue weighted by Gasteiger charge is 2.19. The van der Waals surface area contributed by atoms with Crippen LogP contribution >= 0.6 is 22.7 Å². The number of fused-ring (bicyclic) bond motifs is 10. The normalized spacial score (nSPS) is 11.8. The second-order valence-electron chi connectivity index (χ2n) is 13.7. The standard InChI is InChI=1S/C50H31NS2/c1-2-10-32(11-3-1)33-20-23-37(24-21-33)51(38-16-8-15-36(30-38)41-19-9-14-34-12-4-6-17-40(34)41)39-25-27-45-44(31-39)49-46(52-45)28-29-47-48(49)43-26-22-35-13-5-7-18-42(35)50(43)53-47/h1-31H. The van der Waals surface area contributed by atoms with Gasteiger partial charge in [0.05, 0.1) is 0 Å². The summed E-state index contributed by atoms with van der Waals surface area (Å²) >= 11 is 3.81. The van der Waals surface area contributed by atoms with Gasteiger partial charge in [0.1, 0.15) is 0 Å². The minimum absolute atomic E-state index is 1.12. The fraction of sp³-hybridized carbons (Fsp3) is 0. The molecule has 9 aromatic carbocycles. The Morgan fingerprint density at radius 2 is 0.925 bits per heavy atom. The molecule has 0 radical (unpaired) electrons. The quantitative estimate of drug-likeness (QED) is 0.172. The van der Waals surface area contributed by atoms with Gasteiger partial charge in [0.25, 0.3) is 0 Å². The van der Waals surface area contributed by atoms with Gasteiger partial charge >= 0.3 is 0 Å². The van der Waals surface area contributed by atoms with Crippen molar-refractivity contribution in [3.63, 3.8) is 0 Å². The van der Waals surface area contributed by atoms with Crippen LogP contribution in [0.2, 0.25) is 0 Å². The van der Waals surface area contributed by atoms with Crippen molar-refractivity contribution in [2.75, 3.05) is 4.90 Å². The average Bonchev–Trinajstić information content (AvgIpc) is 3.80. The number of rotatable bonds is 5. The zero-order valence-corrected chi connectivity index (χ0v) is 30.3. The summed E-state index contributed by atoms with van der Waals surface area (Å²) in [6, 6.07) is 69.0. The topological polar surface area (TPSA) is 3.24 Å². The van der Waals surface area contributed by atoms with E-state index in [1.54, 1.807) is 0 Å². The second-order valence-corrected chi connectivity index (χ2v) is 15.8. The van der Waals surface area contributed by atoms with Crippen LogP contribution in [-0.2, 0) is 0 Å². The predicted molar refractivity (Wildman–Crippen MR) is 233 cm³/mol. The average molecular weight is 710 g/mol. The molecular formula is C50H31NS2. The van der Waals surface area contributed by atoms with Crippen molar-refractivity contribution in [1.82, 2.24) is 0 Å². The zero-order chi connectivity index (χ0) is 34.9. The Balaban J connectivity index is 1.13. The Morgan fingerprint density at radius 1 is 0.321 bits per heavy atom. The molecule has 0 saturated carbocycles. The van der Waals surface area contributed by atoms with E-state index >= 15 is 0 Å². The predicted octanol–water partition coefficient (Wildman–Crippen LogP) is 15.5. The molecule has 53 heavy (non-hydrogen) atoms. The number of benzene rings is 9. The molecule has 11 aromatic rings. The second kappa shape index (κ2) is 12.2. The largest absolute Gasteiger partial charge is 0.310 e. The molecule has 0 unspecified atom stereocenters.